The second-order valence-electron chi connectivity index (χ2n) is 6.40. The first kappa shape index (κ1) is 16.7. The molecule has 2 aromatic heterocycles. The SMILES string of the molecule is Clc1cc(Nc2ccc(CCCc3c[nH]c4ccccc34)cc2)ccn1. The third-order valence-corrected chi connectivity index (χ3v) is 4.76. The largest absolute Gasteiger partial charge is 0.361 e. The molecule has 2 aromatic carbocycles. The normalized spacial score (nSPS) is 11.0. The predicted molar refractivity (Wildman–Crippen MR) is 109 cm³/mol. The van der Waals surface area contributed by atoms with Gasteiger partial charge < -0.3 is 10.3 Å². The van der Waals surface area contributed by atoms with Crippen LogP contribution in [0.25, 0.3) is 10.9 Å². The summed E-state index contributed by atoms with van der Waals surface area (Å²) < 4.78 is 0. The number of H-pyrrole nitrogens is 1. The molecule has 130 valence electrons. The molecule has 0 unspecified atom stereocenters. The van der Waals surface area contributed by atoms with Crippen LogP contribution in [0.1, 0.15) is 17.5 Å². The van der Waals surface area contributed by atoms with E-state index in [0.717, 1.165) is 30.6 Å². The van der Waals surface area contributed by atoms with Crippen LogP contribution >= 0.6 is 11.6 Å². The zero-order valence-corrected chi connectivity index (χ0v) is 15.1. The first-order valence-electron chi connectivity index (χ1n) is 8.80. The van der Waals surface area contributed by atoms with Gasteiger partial charge in [-0.25, -0.2) is 4.98 Å². The first-order valence-corrected chi connectivity index (χ1v) is 9.18. The molecule has 0 aliphatic rings. The van der Waals surface area contributed by atoms with Gasteiger partial charge in [0.15, 0.2) is 0 Å². The lowest BCUT2D eigenvalue weighted by molar-refractivity contribution is 0.825. The minimum atomic E-state index is 0.490. The summed E-state index contributed by atoms with van der Waals surface area (Å²) in [6.45, 7) is 0. The van der Waals surface area contributed by atoms with Crippen molar-refractivity contribution in [3.8, 4) is 0 Å². The van der Waals surface area contributed by atoms with Crippen LogP contribution in [0.2, 0.25) is 5.15 Å². The monoisotopic (exact) mass is 361 g/mol. The number of benzene rings is 2. The van der Waals surface area contributed by atoms with Crippen molar-refractivity contribution in [3.05, 3.63) is 89.3 Å². The van der Waals surface area contributed by atoms with Gasteiger partial charge >= 0.3 is 0 Å². The summed E-state index contributed by atoms with van der Waals surface area (Å²) in [6, 6.07) is 20.8. The third kappa shape index (κ3) is 3.89. The number of aryl methyl sites for hydroxylation is 2. The van der Waals surface area contributed by atoms with Gasteiger partial charge in [-0.1, -0.05) is 41.9 Å². The quantitative estimate of drug-likeness (QED) is 0.405. The van der Waals surface area contributed by atoms with Gasteiger partial charge in [0.05, 0.1) is 0 Å². The molecule has 0 radical (unpaired) electrons. The Morgan fingerprint density at radius 1 is 0.923 bits per heavy atom. The third-order valence-electron chi connectivity index (χ3n) is 4.56. The maximum Gasteiger partial charge on any atom is 0.131 e. The molecule has 0 saturated heterocycles. The Morgan fingerprint density at radius 2 is 1.77 bits per heavy atom. The average Bonchev–Trinajstić information content (AvgIpc) is 3.07. The van der Waals surface area contributed by atoms with Crippen molar-refractivity contribution in [1.82, 2.24) is 9.97 Å². The van der Waals surface area contributed by atoms with E-state index in [-0.39, 0.29) is 0 Å². The molecule has 4 rings (SSSR count). The zero-order valence-electron chi connectivity index (χ0n) is 14.4. The number of halogens is 1. The predicted octanol–water partition coefficient (Wildman–Crippen LogP) is 6.14. The van der Waals surface area contributed by atoms with Gasteiger partial charge in [-0.3, -0.25) is 0 Å². The van der Waals surface area contributed by atoms with E-state index in [0.29, 0.717) is 5.15 Å². The average molecular weight is 362 g/mol. The van der Waals surface area contributed by atoms with E-state index < -0.39 is 0 Å². The van der Waals surface area contributed by atoms with Crippen LogP contribution in [0.5, 0.6) is 0 Å². The molecular formula is C22H20ClN3. The highest BCUT2D eigenvalue weighted by molar-refractivity contribution is 6.29. The molecule has 3 nitrogen and oxygen atoms in total. The van der Waals surface area contributed by atoms with E-state index in [1.54, 1.807) is 6.20 Å². The standard InChI is InChI=1S/C22H20ClN3/c23-22-14-19(12-13-24-22)26-18-10-8-16(9-11-18)4-3-5-17-15-25-21-7-2-1-6-20(17)21/h1-2,6-15,25H,3-5H2,(H,24,26). The number of nitrogens with zero attached hydrogens (tertiary/aromatic N) is 1. The van der Waals surface area contributed by atoms with E-state index in [2.05, 4.69) is 70.0 Å². The summed E-state index contributed by atoms with van der Waals surface area (Å²) in [4.78, 5) is 7.34. The molecule has 0 bridgehead atoms. The van der Waals surface area contributed by atoms with Gasteiger partial charge in [-0.2, -0.15) is 0 Å². The number of hydrogen-bond acceptors (Lipinski definition) is 2. The van der Waals surface area contributed by atoms with Crippen LogP contribution in [-0.4, -0.2) is 9.97 Å². The Kier molecular flexibility index (Phi) is 4.89. The van der Waals surface area contributed by atoms with E-state index in [1.165, 1.54) is 22.0 Å². The molecule has 0 amide bonds. The van der Waals surface area contributed by atoms with Crippen molar-refractivity contribution in [1.29, 1.82) is 0 Å². The highest BCUT2D eigenvalue weighted by atomic mass is 35.5. The summed E-state index contributed by atoms with van der Waals surface area (Å²) in [6.07, 6.45) is 7.12. The topological polar surface area (TPSA) is 40.7 Å². The molecule has 4 heteroatoms. The molecule has 26 heavy (non-hydrogen) atoms. The van der Waals surface area contributed by atoms with Crippen LogP contribution in [0, 0.1) is 0 Å². The highest BCUT2D eigenvalue weighted by Crippen LogP contribution is 2.21. The number of anilines is 2. The zero-order chi connectivity index (χ0) is 17.8. The highest BCUT2D eigenvalue weighted by Gasteiger charge is 2.03. The van der Waals surface area contributed by atoms with Crippen molar-refractivity contribution in [2.45, 2.75) is 19.3 Å². The molecule has 2 N–H and O–H groups in total. The molecule has 0 aliphatic heterocycles. The number of hydrogen-bond donors (Lipinski definition) is 2. The number of para-hydroxylation sites is 1. The van der Waals surface area contributed by atoms with Crippen molar-refractivity contribution < 1.29 is 0 Å². The van der Waals surface area contributed by atoms with Crippen LogP contribution < -0.4 is 5.32 Å². The van der Waals surface area contributed by atoms with Gasteiger partial charge in [0.2, 0.25) is 0 Å². The Balaban J connectivity index is 1.34. The van der Waals surface area contributed by atoms with E-state index >= 15 is 0 Å². The molecule has 4 aromatic rings. The fourth-order valence-corrected chi connectivity index (χ4v) is 3.40. The van der Waals surface area contributed by atoms with Crippen molar-refractivity contribution in [2.24, 2.45) is 0 Å². The number of rotatable bonds is 6. The number of pyridine rings is 1. The molecule has 0 atom stereocenters. The molecular weight excluding hydrogens is 342 g/mol. The smallest absolute Gasteiger partial charge is 0.131 e. The summed E-state index contributed by atoms with van der Waals surface area (Å²) in [7, 11) is 0. The Labute approximate surface area is 158 Å². The van der Waals surface area contributed by atoms with Crippen LogP contribution in [0.15, 0.2) is 73.1 Å². The van der Waals surface area contributed by atoms with Crippen LogP contribution in [0.4, 0.5) is 11.4 Å². The fourth-order valence-electron chi connectivity index (χ4n) is 3.22. The number of aromatic nitrogens is 2. The summed E-state index contributed by atoms with van der Waals surface area (Å²) in [5.74, 6) is 0. The molecule has 0 fully saturated rings. The van der Waals surface area contributed by atoms with Crippen molar-refractivity contribution in [2.75, 3.05) is 5.32 Å². The van der Waals surface area contributed by atoms with E-state index in [1.807, 2.05) is 12.1 Å². The molecule has 2 heterocycles. The fraction of sp³-hybridized carbons (Fsp3) is 0.136. The number of aromatic amines is 1. The first-order chi connectivity index (χ1) is 12.8. The number of fused-ring (bicyclic) bond motifs is 1. The van der Waals surface area contributed by atoms with E-state index in [4.69, 9.17) is 11.6 Å². The van der Waals surface area contributed by atoms with Crippen molar-refractivity contribution >= 4 is 33.9 Å². The summed E-state index contributed by atoms with van der Waals surface area (Å²) in [5.41, 5.74) is 5.95. The lowest BCUT2D eigenvalue weighted by atomic mass is 10.0. The molecule has 0 saturated carbocycles. The Morgan fingerprint density at radius 3 is 2.62 bits per heavy atom. The minimum absolute atomic E-state index is 0.490. The maximum absolute atomic E-state index is 5.92. The van der Waals surface area contributed by atoms with Gasteiger partial charge in [-0.05, 0) is 60.7 Å². The van der Waals surface area contributed by atoms with Crippen molar-refractivity contribution in [3.63, 3.8) is 0 Å². The summed E-state index contributed by atoms with van der Waals surface area (Å²) >= 11 is 5.92. The van der Waals surface area contributed by atoms with E-state index in [9.17, 15) is 0 Å². The van der Waals surface area contributed by atoms with Crippen LogP contribution in [0.3, 0.4) is 0 Å². The second-order valence-corrected chi connectivity index (χ2v) is 6.79. The van der Waals surface area contributed by atoms with Gasteiger partial charge in [0.25, 0.3) is 0 Å². The lowest BCUT2D eigenvalue weighted by Crippen LogP contribution is -1.93. The Bertz CT molecular complexity index is 1010. The van der Waals surface area contributed by atoms with Gasteiger partial charge in [0.1, 0.15) is 5.15 Å². The Hall–Kier alpha value is -2.78. The maximum atomic E-state index is 5.92. The number of nitrogens with one attached hydrogen (secondary N) is 2. The second kappa shape index (κ2) is 7.63. The minimum Gasteiger partial charge on any atom is -0.361 e. The lowest BCUT2D eigenvalue weighted by Gasteiger charge is -2.08. The van der Waals surface area contributed by atoms with Gasteiger partial charge in [-0.15, -0.1) is 0 Å². The molecule has 0 spiro atoms. The van der Waals surface area contributed by atoms with Gasteiger partial charge in [0, 0.05) is 34.7 Å². The summed E-state index contributed by atoms with van der Waals surface area (Å²) in [5, 5.41) is 5.17. The van der Waals surface area contributed by atoms with Crippen LogP contribution in [-0.2, 0) is 12.8 Å². The molecule has 0 aliphatic carbocycles.